The SMILES string of the molecule is NCC(=O)N(Cc1c[nH]c2ccccc12)C1Cc2ccccc2C1. The summed E-state index contributed by atoms with van der Waals surface area (Å²) in [6.45, 7) is 0.647. The molecule has 4 nitrogen and oxygen atoms in total. The van der Waals surface area contributed by atoms with Gasteiger partial charge >= 0.3 is 0 Å². The molecule has 0 unspecified atom stereocenters. The fourth-order valence-electron chi connectivity index (χ4n) is 3.74. The van der Waals surface area contributed by atoms with Crippen LogP contribution in [0.25, 0.3) is 10.9 Å². The maximum absolute atomic E-state index is 12.5. The lowest BCUT2D eigenvalue weighted by Crippen LogP contribution is -2.43. The van der Waals surface area contributed by atoms with Crippen molar-refractivity contribution >= 4 is 16.8 Å². The zero-order valence-corrected chi connectivity index (χ0v) is 13.5. The van der Waals surface area contributed by atoms with Gasteiger partial charge in [0.25, 0.3) is 0 Å². The third-order valence-corrected chi connectivity index (χ3v) is 4.98. The summed E-state index contributed by atoms with van der Waals surface area (Å²) in [6, 6.07) is 16.8. The quantitative estimate of drug-likeness (QED) is 0.776. The van der Waals surface area contributed by atoms with Crippen LogP contribution in [0.2, 0.25) is 0 Å². The molecule has 1 heterocycles. The van der Waals surface area contributed by atoms with Crippen LogP contribution in [0, 0.1) is 0 Å². The highest BCUT2D eigenvalue weighted by atomic mass is 16.2. The number of para-hydroxylation sites is 1. The Morgan fingerprint density at radius 1 is 1.08 bits per heavy atom. The number of benzene rings is 2. The summed E-state index contributed by atoms with van der Waals surface area (Å²) in [5, 5.41) is 1.17. The van der Waals surface area contributed by atoms with Gasteiger partial charge in [0.05, 0.1) is 6.54 Å². The van der Waals surface area contributed by atoms with E-state index in [0.29, 0.717) is 6.54 Å². The Bertz CT molecular complexity index is 858. The van der Waals surface area contributed by atoms with E-state index in [0.717, 1.165) is 23.9 Å². The Morgan fingerprint density at radius 2 is 1.75 bits per heavy atom. The minimum absolute atomic E-state index is 0.0121. The molecule has 3 N–H and O–H groups in total. The van der Waals surface area contributed by atoms with Crippen LogP contribution in [0.1, 0.15) is 16.7 Å². The van der Waals surface area contributed by atoms with Crippen LogP contribution in [0.5, 0.6) is 0 Å². The normalized spacial score (nSPS) is 14.0. The number of carbonyl (C=O) groups excluding carboxylic acids is 1. The lowest BCUT2D eigenvalue weighted by Gasteiger charge is -2.28. The minimum Gasteiger partial charge on any atom is -0.361 e. The Hall–Kier alpha value is -2.59. The summed E-state index contributed by atoms with van der Waals surface area (Å²) in [5.74, 6) is 0.0121. The van der Waals surface area contributed by atoms with Gasteiger partial charge in [-0.05, 0) is 35.6 Å². The molecule has 4 rings (SSSR count). The van der Waals surface area contributed by atoms with Crippen LogP contribution in [0.15, 0.2) is 54.7 Å². The molecule has 0 bridgehead atoms. The second kappa shape index (κ2) is 6.13. The van der Waals surface area contributed by atoms with Crippen LogP contribution in [0.3, 0.4) is 0 Å². The van der Waals surface area contributed by atoms with Gasteiger partial charge in [0.2, 0.25) is 5.91 Å². The smallest absolute Gasteiger partial charge is 0.236 e. The van der Waals surface area contributed by atoms with Gasteiger partial charge in [-0.25, -0.2) is 0 Å². The standard InChI is InChI=1S/C20H21N3O/c21-11-20(24)23(17-9-14-5-1-2-6-15(14)10-17)13-16-12-22-19-8-4-3-7-18(16)19/h1-8,12,17,22H,9-11,13,21H2. The van der Waals surface area contributed by atoms with Gasteiger partial charge in [0.1, 0.15) is 0 Å². The van der Waals surface area contributed by atoms with Crippen molar-refractivity contribution in [1.82, 2.24) is 9.88 Å². The number of hydrogen-bond donors (Lipinski definition) is 2. The number of nitrogens with two attached hydrogens (primary N) is 1. The fourth-order valence-corrected chi connectivity index (χ4v) is 3.74. The predicted octanol–water partition coefficient (Wildman–Crippen LogP) is 2.62. The Labute approximate surface area is 141 Å². The van der Waals surface area contributed by atoms with Crippen molar-refractivity contribution in [2.45, 2.75) is 25.4 Å². The van der Waals surface area contributed by atoms with E-state index in [1.54, 1.807) is 0 Å². The molecule has 1 amide bonds. The number of aromatic nitrogens is 1. The van der Waals surface area contributed by atoms with Crippen molar-refractivity contribution < 1.29 is 4.79 Å². The zero-order valence-electron chi connectivity index (χ0n) is 13.5. The fraction of sp³-hybridized carbons (Fsp3) is 0.250. The number of amides is 1. The predicted molar refractivity (Wildman–Crippen MR) is 95.5 cm³/mol. The van der Waals surface area contributed by atoms with E-state index in [9.17, 15) is 4.79 Å². The van der Waals surface area contributed by atoms with Crippen LogP contribution < -0.4 is 5.73 Å². The van der Waals surface area contributed by atoms with Gasteiger partial charge in [-0.15, -0.1) is 0 Å². The van der Waals surface area contributed by atoms with Gasteiger partial charge in [0, 0.05) is 29.7 Å². The van der Waals surface area contributed by atoms with Crippen molar-refractivity contribution in [1.29, 1.82) is 0 Å². The number of carbonyl (C=O) groups is 1. The summed E-state index contributed by atoms with van der Waals surface area (Å²) in [5.41, 5.74) is 10.6. The molecule has 0 aliphatic heterocycles. The number of aromatic amines is 1. The third-order valence-electron chi connectivity index (χ3n) is 4.98. The van der Waals surface area contributed by atoms with Crippen molar-refractivity contribution in [3.63, 3.8) is 0 Å². The van der Waals surface area contributed by atoms with E-state index in [2.05, 4.69) is 41.4 Å². The lowest BCUT2D eigenvalue weighted by molar-refractivity contribution is -0.132. The average molecular weight is 319 g/mol. The summed E-state index contributed by atoms with van der Waals surface area (Å²) in [7, 11) is 0. The van der Waals surface area contributed by atoms with Crippen LogP contribution in [0.4, 0.5) is 0 Å². The van der Waals surface area contributed by atoms with Crippen molar-refractivity contribution in [2.75, 3.05) is 6.54 Å². The molecule has 0 saturated carbocycles. The first-order chi connectivity index (χ1) is 11.8. The molecule has 1 aliphatic rings. The number of nitrogens with zero attached hydrogens (tertiary/aromatic N) is 1. The van der Waals surface area contributed by atoms with E-state index in [1.165, 1.54) is 16.5 Å². The highest BCUT2D eigenvalue weighted by molar-refractivity contribution is 5.84. The molecule has 122 valence electrons. The maximum atomic E-state index is 12.5. The van der Waals surface area contributed by atoms with Gasteiger partial charge in [-0.2, -0.15) is 0 Å². The van der Waals surface area contributed by atoms with Gasteiger partial charge in [-0.1, -0.05) is 42.5 Å². The molecule has 0 saturated heterocycles. The molecule has 0 fully saturated rings. The summed E-state index contributed by atoms with van der Waals surface area (Å²) < 4.78 is 0. The Kier molecular flexibility index (Phi) is 3.82. The first kappa shape index (κ1) is 15.0. The molecular formula is C20H21N3O. The molecule has 1 aliphatic carbocycles. The van der Waals surface area contributed by atoms with E-state index >= 15 is 0 Å². The number of hydrogen-bond acceptors (Lipinski definition) is 2. The molecule has 4 heteroatoms. The minimum atomic E-state index is 0.0121. The van der Waals surface area contributed by atoms with E-state index < -0.39 is 0 Å². The molecule has 0 spiro atoms. The van der Waals surface area contributed by atoms with Crippen LogP contribution >= 0.6 is 0 Å². The molecule has 0 atom stereocenters. The van der Waals surface area contributed by atoms with Crippen molar-refractivity contribution in [2.24, 2.45) is 5.73 Å². The number of fused-ring (bicyclic) bond motifs is 2. The molecule has 1 aromatic heterocycles. The molecule has 24 heavy (non-hydrogen) atoms. The molecular weight excluding hydrogens is 298 g/mol. The highest BCUT2D eigenvalue weighted by Crippen LogP contribution is 2.28. The zero-order chi connectivity index (χ0) is 16.5. The Morgan fingerprint density at radius 3 is 2.46 bits per heavy atom. The van der Waals surface area contributed by atoms with Gasteiger partial charge in [-0.3, -0.25) is 4.79 Å². The first-order valence-corrected chi connectivity index (χ1v) is 8.37. The molecule has 2 aromatic carbocycles. The van der Waals surface area contributed by atoms with Gasteiger partial charge in [0.15, 0.2) is 0 Å². The second-order valence-corrected chi connectivity index (χ2v) is 6.42. The highest BCUT2D eigenvalue weighted by Gasteiger charge is 2.29. The molecule has 0 radical (unpaired) electrons. The first-order valence-electron chi connectivity index (χ1n) is 8.37. The third kappa shape index (κ3) is 2.59. The lowest BCUT2D eigenvalue weighted by atomic mass is 10.1. The topological polar surface area (TPSA) is 62.1 Å². The van der Waals surface area contributed by atoms with E-state index in [4.69, 9.17) is 5.73 Å². The molecule has 3 aromatic rings. The summed E-state index contributed by atoms with van der Waals surface area (Å²) in [4.78, 5) is 17.7. The summed E-state index contributed by atoms with van der Waals surface area (Å²) in [6.07, 6.45) is 3.82. The maximum Gasteiger partial charge on any atom is 0.236 e. The van der Waals surface area contributed by atoms with E-state index in [1.807, 2.05) is 23.2 Å². The van der Waals surface area contributed by atoms with Crippen molar-refractivity contribution in [3.05, 3.63) is 71.4 Å². The monoisotopic (exact) mass is 319 g/mol. The van der Waals surface area contributed by atoms with Crippen LogP contribution in [-0.4, -0.2) is 28.4 Å². The largest absolute Gasteiger partial charge is 0.361 e. The Balaban J connectivity index is 1.63. The van der Waals surface area contributed by atoms with Crippen LogP contribution in [-0.2, 0) is 24.2 Å². The number of rotatable bonds is 4. The number of H-pyrrole nitrogens is 1. The summed E-state index contributed by atoms with van der Waals surface area (Å²) >= 11 is 0. The van der Waals surface area contributed by atoms with Gasteiger partial charge < -0.3 is 15.6 Å². The van der Waals surface area contributed by atoms with Crippen molar-refractivity contribution in [3.8, 4) is 0 Å². The number of nitrogens with one attached hydrogen (secondary N) is 1. The van der Waals surface area contributed by atoms with E-state index in [-0.39, 0.29) is 18.5 Å². The second-order valence-electron chi connectivity index (χ2n) is 6.42. The average Bonchev–Trinajstić information content (AvgIpc) is 3.23.